The molecule has 24 heavy (non-hydrogen) atoms. The number of halogens is 1. The molecule has 1 aliphatic heterocycles. The molecule has 1 saturated heterocycles. The van der Waals surface area contributed by atoms with E-state index >= 15 is 0 Å². The molecule has 1 aliphatic rings. The number of aryl methyl sites for hydroxylation is 2. The van der Waals surface area contributed by atoms with Crippen LogP contribution in [0.1, 0.15) is 31.5 Å². The summed E-state index contributed by atoms with van der Waals surface area (Å²) in [7, 11) is 0. The number of hydrogen-bond donors (Lipinski definition) is 0. The van der Waals surface area contributed by atoms with E-state index < -0.39 is 0 Å². The van der Waals surface area contributed by atoms with Crippen molar-refractivity contribution in [2.24, 2.45) is 5.92 Å². The van der Waals surface area contributed by atoms with E-state index in [0.717, 1.165) is 31.8 Å². The lowest BCUT2D eigenvalue weighted by atomic mass is 10.1. The van der Waals surface area contributed by atoms with E-state index in [-0.39, 0.29) is 6.10 Å². The molecular weight excluding hydrogens is 326 g/mol. The van der Waals surface area contributed by atoms with Crippen LogP contribution in [0.3, 0.4) is 0 Å². The third-order valence-corrected chi connectivity index (χ3v) is 4.52. The van der Waals surface area contributed by atoms with E-state index in [0.29, 0.717) is 23.4 Å². The smallest absolute Gasteiger partial charge is 0.225 e. The lowest BCUT2D eigenvalue weighted by Crippen LogP contribution is -2.33. The summed E-state index contributed by atoms with van der Waals surface area (Å²) in [6.45, 7) is 9.51. The highest BCUT2D eigenvalue weighted by atomic mass is 35.5. The summed E-state index contributed by atoms with van der Waals surface area (Å²) in [5.74, 6) is 1.28. The Morgan fingerprint density at radius 3 is 2.71 bits per heavy atom. The Morgan fingerprint density at radius 1 is 1.38 bits per heavy atom. The maximum Gasteiger partial charge on any atom is 0.225 e. The average molecular weight is 350 g/mol. The Morgan fingerprint density at radius 2 is 2.12 bits per heavy atom. The minimum atomic E-state index is 0.209. The molecule has 0 radical (unpaired) electrons. The van der Waals surface area contributed by atoms with E-state index in [2.05, 4.69) is 40.0 Å². The number of ether oxygens (including phenoxy) is 1. The van der Waals surface area contributed by atoms with Gasteiger partial charge in [-0.2, -0.15) is 5.10 Å². The van der Waals surface area contributed by atoms with Gasteiger partial charge in [0, 0.05) is 38.0 Å². The van der Waals surface area contributed by atoms with Crippen molar-refractivity contribution in [1.82, 2.24) is 19.7 Å². The van der Waals surface area contributed by atoms with Gasteiger partial charge in [0.1, 0.15) is 0 Å². The monoisotopic (exact) mass is 349 g/mol. The van der Waals surface area contributed by atoms with Gasteiger partial charge in [-0.3, -0.25) is 4.68 Å². The second kappa shape index (κ2) is 7.49. The molecule has 0 spiro atoms. The third kappa shape index (κ3) is 4.05. The van der Waals surface area contributed by atoms with E-state index in [1.165, 1.54) is 5.56 Å². The van der Waals surface area contributed by atoms with Crippen molar-refractivity contribution in [1.29, 1.82) is 0 Å². The second-order valence-corrected chi connectivity index (χ2v) is 6.91. The number of hydrogen-bond acceptors (Lipinski definition) is 5. The van der Waals surface area contributed by atoms with Gasteiger partial charge in [-0.25, -0.2) is 9.97 Å². The molecule has 0 aromatic carbocycles. The predicted octanol–water partition coefficient (Wildman–Crippen LogP) is 3.09. The first kappa shape index (κ1) is 17.2. The average Bonchev–Trinajstić information content (AvgIpc) is 3.13. The molecule has 2 atom stereocenters. The van der Waals surface area contributed by atoms with Crippen LogP contribution in [0.4, 0.5) is 5.95 Å². The first-order valence-electron chi connectivity index (χ1n) is 8.42. The largest absolute Gasteiger partial charge is 0.376 e. The molecule has 1 fully saturated rings. The molecule has 2 aromatic heterocycles. The summed E-state index contributed by atoms with van der Waals surface area (Å²) >= 11 is 5.93. The Balaban J connectivity index is 1.80. The molecule has 0 N–H and O–H groups in total. The number of rotatable bonds is 6. The summed E-state index contributed by atoms with van der Waals surface area (Å²) in [4.78, 5) is 10.9. The highest BCUT2D eigenvalue weighted by molar-refractivity contribution is 6.30. The van der Waals surface area contributed by atoms with Crippen molar-refractivity contribution in [2.45, 2.75) is 46.4 Å². The topological polar surface area (TPSA) is 56.1 Å². The van der Waals surface area contributed by atoms with E-state index in [9.17, 15) is 0 Å². The summed E-state index contributed by atoms with van der Waals surface area (Å²) in [6, 6.07) is 0. The van der Waals surface area contributed by atoms with Gasteiger partial charge in [0.25, 0.3) is 0 Å². The maximum atomic E-state index is 5.93. The standard InChI is InChI=1S/C17H24ClN5O/c1-4-23-9-14(13(3)21-23)8-22(10-16-5-12(2)11-24-16)17-19-6-15(18)7-20-17/h6-7,9,12,16H,4-5,8,10-11H2,1-3H3. The van der Waals surface area contributed by atoms with Gasteiger partial charge >= 0.3 is 0 Å². The summed E-state index contributed by atoms with van der Waals surface area (Å²) in [6.07, 6.45) is 6.64. The molecule has 0 aliphatic carbocycles. The van der Waals surface area contributed by atoms with E-state index in [4.69, 9.17) is 16.3 Å². The Hall–Kier alpha value is -1.66. The zero-order valence-electron chi connectivity index (χ0n) is 14.4. The molecule has 0 amide bonds. The normalized spacial score (nSPS) is 20.5. The SMILES string of the molecule is CCn1cc(CN(CC2CC(C)CO2)c2ncc(Cl)cn2)c(C)n1. The molecule has 6 nitrogen and oxygen atoms in total. The van der Waals surface area contributed by atoms with Crippen molar-refractivity contribution in [3.63, 3.8) is 0 Å². The fraction of sp³-hybridized carbons (Fsp3) is 0.588. The van der Waals surface area contributed by atoms with Crippen LogP contribution in [0.5, 0.6) is 0 Å². The van der Waals surface area contributed by atoms with Crippen LogP contribution >= 0.6 is 11.6 Å². The minimum Gasteiger partial charge on any atom is -0.376 e. The highest BCUT2D eigenvalue weighted by Crippen LogP contribution is 2.23. The second-order valence-electron chi connectivity index (χ2n) is 6.47. The van der Waals surface area contributed by atoms with Crippen molar-refractivity contribution in [3.8, 4) is 0 Å². The summed E-state index contributed by atoms with van der Waals surface area (Å²) in [5.41, 5.74) is 2.22. The predicted molar refractivity (Wildman–Crippen MR) is 94.3 cm³/mol. The molecule has 2 unspecified atom stereocenters. The van der Waals surface area contributed by atoms with Gasteiger partial charge in [0.15, 0.2) is 0 Å². The number of nitrogens with zero attached hydrogens (tertiary/aromatic N) is 5. The Bertz CT molecular complexity index is 672. The molecule has 130 valence electrons. The zero-order valence-corrected chi connectivity index (χ0v) is 15.2. The van der Waals surface area contributed by atoms with E-state index in [1.54, 1.807) is 12.4 Å². The van der Waals surface area contributed by atoms with Gasteiger partial charge in [-0.15, -0.1) is 0 Å². The van der Waals surface area contributed by atoms with Crippen LogP contribution in [0.15, 0.2) is 18.6 Å². The molecular formula is C17H24ClN5O. The summed E-state index contributed by atoms with van der Waals surface area (Å²) in [5, 5.41) is 5.07. The first-order valence-corrected chi connectivity index (χ1v) is 8.80. The van der Waals surface area contributed by atoms with Gasteiger partial charge < -0.3 is 9.64 Å². The van der Waals surface area contributed by atoms with Crippen LogP contribution in [0.2, 0.25) is 5.02 Å². The molecule has 0 saturated carbocycles. The van der Waals surface area contributed by atoms with Gasteiger partial charge in [0.2, 0.25) is 5.95 Å². The first-order chi connectivity index (χ1) is 11.5. The lowest BCUT2D eigenvalue weighted by molar-refractivity contribution is 0.111. The fourth-order valence-electron chi connectivity index (χ4n) is 3.03. The third-order valence-electron chi connectivity index (χ3n) is 4.33. The quantitative estimate of drug-likeness (QED) is 0.802. The number of anilines is 1. The van der Waals surface area contributed by atoms with Gasteiger partial charge in [-0.1, -0.05) is 18.5 Å². The Kier molecular flexibility index (Phi) is 5.36. The highest BCUT2D eigenvalue weighted by Gasteiger charge is 2.26. The van der Waals surface area contributed by atoms with Crippen molar-refractivity contribution < 1.29 is 4.74 Å². The van der Waals surface area contributed by atoms with E-state index in [1.807, 2.05) is 11.6 Å². The minimum absolute atomic E-state index is 0.209. The van der Waals surface area contributed by atoms with Crippen LogP contribution in [0, 0.1) is 12.8 Å². The molecule has 3 rings (SSSR count). The molecule has 7 heteroatoms. The Labute approximate surface area is 147 Å². The lowest BCUT2D eigenvalue weighted by Gasteiger charge is -2.25. The van der Waals surface area contributed by atoms with Gasteiger partial charge in [-0.05, 0) is 26.2 Å². The maximum absolute atomic E-state index is 5.93. The van der Waals surface area contributed by atoms with Crippen molar-refractivity contribution >= 4 is 17.5 Å². The van der Waals surface area contributed by atoms with Crippen LogP contribution < -0.4 is 4.90 Å². The van der Waals surface area contributed by atoms with Crippen molar-refractivity contribution in [2.75, 3.05) is 18.1 Å². The molecule has 2 aromatic rings. The van der Waals surface area contributed by atoms with Crippen LogP contribution in [-0.2, 0) is 17.8 Å². The van der Waals surface area contributed by atoms with Gasteiger partial charge in [0.05, 0.1) is 29.2 Å². The zero-order chi connectivity index (χ0) is 17.1. The number of aromatic nitrogens is 4. The van der Waals surface area contributed by atoms with Crippen molar-refractivity contribution in [3.05, 3.63) is 34.9 Å². The van der Waals surface area contributed by atoms with Crippen LogP contribution in [-0.4, -0.2) is 39.0 Å². The van der Waals surface area contributed by atoms with Crippen LogP contribution in [0.25, 0.3) is 0 Å². The molecule has 3 heterocycles. The molecule has 0 bridgehead atoms. The fourth-order valence-corrected chi connectivity index (χ4v) is 3.12. The summed E-state index contributed by atoms with van der Waals surface area (Å²) < 4.78 is 7.85.